The van der Waals surface area contributed by atoms with E-state index in [9.17, 15) is 9.59 Å². The number of amides is 2. The second-order valence-corrected chi connectivity index (χ2v) is 4.62. The average molecular weight is 231 g/mol. The fourth-order valence-electron chi connectivity index (χ4n) is 2.19. The molecule has 1 saturated heterocycles. The molecule has 88 valence electrons. The lowest BCUT2D eigenvalue weighted by Gasteiger charge is -2.17. The Morgan fingerprint density at radius 1 is 1.29 bits per heavy atom. The van der Waals surface area contributed by atoms with E-state index in [0.717, 1.165) is 6.61 Å². The van der Waals surface area contributed by atoms with Gasteiger partial charge in [-0.25, -0.2) is 0 Å². The number of carbonyl (C=O) groups is 2. The van der Waals surface area contributed by atoms with Gasteiger partial charge in [0.15, 0.2) is 0 Å². The Bertz CT molecular complexity index is 458. The van der Waals surface area contributed by atoms with Crippen molar-refractivity contribution in [1.82, 2.24) is 4.90 Å². The van der Waals surface area contributed by atoms with Crippen LogP contribution in [0.4, 0.5) is 0 Å². The lowest BCUT2D eigenvalue weighted by Crippen LogP contribution is -2.35. The van der Waals surface area contributed by atoms with Crippen molar-refractivity contribution in [3.63, 3.8) is 0 Å². The van der Waals surface area contributed by atoms with Gasteiger partial charge in [0.25, 0.3) is 11.8 Å². The van der Waals surface area contributed by atoms with Gasteiger partial charge in [-0.2, -0.15) is 0 Å². The molecule has 2 aliphatic heterocycles. The van der Waals surface area contributed by atoms with Gasteiger partial charge in [-0.3, -0.25) is 14.5 Å². The van der Waals surface area contributed by atoms with Gasteiger partial charge in [0, 0.05) is 12.5 Å². The zero-order chi connectivity index (χ0) is 12.0. The first kappa shape index (κ1) is 10.5. The minimum absolute atomic E-state index is 0.182. The number of nitrogens with zero attached hydrogens (tertiary/aromatic N) is 1. The van der Waals surface area contributed by atoms with Crippen LogP contribution >= 0.6 is 0 Å². The number of benzene rings is 1. The number of imide groups is 1. The van der Waals surface area contributed by atoms with Crippen molar-refractivity contribution < 1.29 is 14.3 Å². The maximum atomic E-state index is 12.0. The standard InChI is InChI=1S/C13H13NO3/c1-8(11-7-17-11)6-14-12(15)9-4-2-3-5-10(9)13(14)16/h2-5,8,11H,6-7H2,1H3. The third kappa shape index (κ3) is 1.65. The first-order chi connectivity index (χ1) is 8.18. The van der Waals surface area contributed by atoms with Gasteiger partial charge < -0.3 is 4.74 Å². The predicted octanol–water partition coefficient (Wildman–Crippen LogP) is 1.32. The molecule has 17 heavy (non-hydrogen) atoms. The molecule has 3 rings (SSSR count). The number of hydrogen-bond acceptors (Lipinski definition) is 3. The number of rotatable bonds is 3. The highest BCUT2D eigenvalue weighted by molar-refractivity contribution is 6.21. The Balaban J connectivity index is 1.84. The Labute approximate surface area is 99.2 Å². The summed E-state index contributed by atoms with van der Waals surface area (Å²) in [5.41, 5.74) is 1.03. The molecule has 0 radical (unpaired) electrons. The van der Waals surface area contributed by atoms with Crippen LogP contribution < -0.4 is 0 Å². The molecule has 1 aromatic carbocycles. The third-order valence-electron chi connectivity index (χ3n) is 3.34. The molecule has 0 spiro atoms. The molecule has 2 amide bonds. The summed E-state index contributed by atoms with van der Waals surface area (Å²) >= 11 is 0. The van der Waals surface area contributed by atoms with E-state index in [1.807, 2.05) is 6.92 Å². The van der Waals surface area contributed by atoms with Crippen LogP contribution in [0.15, 0.2) is 24.3 Å². The molecule has 0 bridgehead atoms. The van der Waals surface area contributed by atoms with E-state index in [4.69, 9.17) is 4.74 Å². The van der Waals surface area contributed by atoms with Crippen LogP contribution in [0.25, 0.3) is 0 Å². The number of epoxide rings is 1. The zero-order valence-electron chi connectivity index (χ0n) is 9.55. The molecule has 1 fully saturated rings. The summed E-state index contributed by atoms with van der Waals surface area (Å²) in [5, 5.41) is 0. The van der Waals surface area contributed by atoms with Crippen molar-refractivity contribution in [3.05, 3.63) is 35.4 Å². The fourth-order valence-corrected chi connectivity index (χ4v) is 2.19. The van der Waals surface area contributed by atoms with Gasteiger partial charge in [0.1, 0.15) is 0 Å². The van der Waals surface area contributed by atoms with E-state index in [0.29, 0.717) is 17.7 Å². The molecular formula is C13H13NO3. The molecule has 2 atom stereocenters. The van der Waals surface area contributed by atoms with E-state index in [-0.39, 0.29) is 23.8 Å². The maximum Gasteiger partial charge on any atom is 0.261 e. The lowest BCUT2D eigenvalue weighted by atomic mass is 10.1. The van der Waals surface area contributed by atoms with Crippen LogP contribution in [-0.4, -0.2) is 36.0 Å². The SMILES string of the molecule is CC(CN1C(=O)c2ccccc2C1=O)C1CO1. The molecule has 2 unspecified atom stereocenters. The van der Waals surface area contributed by atoms with Crippen molar-refractivity contribution >= 4 is 11.8 Å². The molecule has 0 aromatic heterocycles. The number of fused-ring (bicyclic) bond motifs is 1. The summed E-state index contributed by atoms with van der Waals surface area (Å²) in [7, 11) is 0. The largest absolute Gasteiger partial charge is 0.373 e. The maximum absolute atomic E-state index is 12.0. The number of ether oxygens (including phenoxy) is 1. The van der Waals surface area contributed by atoms with Crippen molar-refractivity contribution in [2.75, 3.05) is 13.2 Å². The quantitative estimate of drug-likeness (QED) is 0.582. The number of carbonyl (C=O) groups excluding carboxylic acids is 2. The first-order valence-corrected chi connectivity index (χ1v) is 5.75. The van der Waals surface area contributed by atoms with Gasteiger partial charge in [-0.05, 0) is 12.1 Å². The normalized spacial score (nSPS) is 23.8. The second kappa shape index (κ2) is 3.67. The lowest BCUT2D eigenvalue weighted by molar-refractivity contribution is 0.0625. The monoisotopic (exact) mass is 231 g/mol. The van der Waals surface area contributed by atoms with Gasteiger partial charge in [0.2, 0.25) is 0 Å². The molecule has 4 nitrogen and oxygen atoms in total. The van der Waals surface area contributed by atoms with Crippen LogP contribution in [0.1, 0.15) is 27.6 Å². The van der Waals surface area contributed by atoms with Gasteiger partial charge in [-0.1, -0.05) is 19.1 Å². The van der Waals surface area contributed by atoms with Crippen LogP contribution in [0.3, 0.4) is 0 Å². The molecular weight excluding hydrogens is 218 g/mol. The summed E-state index contributed by atoms with van der Waals surface area (Å²) in [6.07, 6.45) is 0.208. The summed E-state index contributed by atoms with van der Waals surface area (Å²) in [4.78, 5) is 25.4. The van der Waals surface area contributed by atoms with E-state index in [1.54, 1.807) is 24.3 Å². The Kier molecular flexibility index (Phi) is 2.26. The molecule has 2 aliphatic rings. The van der Waals surface area contributed by atoms with Crippen LogP contribution in [-0.2, 0) is 4.74 Å². The van der Waals surface area contributed by atoms with E-state index in [2.05, 4.69) is 0 Å². The van der Waals surface area contributed by atoms with Crippen molar-refractivity contribution in [1.29, 1.82) is 0 Å². The summed E-state index contributed by atoms with van der Waals surface area (Å²) in [6, 6.07) is 6.96. The van der Waals surface area contributed by atoms with Gasteiger partial charge in [0.05, 0.1) is 23.8 Å². The fraction of sp³-hybridized carbons (Fsp3) is 0.385. The molecule has 1 aromatic rings. The minimum atomic E-state index is -0.182. The summed E-state index contributed by atoms with van der Waals surface area (Å²) < 4.78 is 5.18. The molecule has 0 N–H and O–H groups in total. The smallest absolute Gasteiger partial charge is 0.261 e. The average Bonchev–Trinajstić information content (AvgIpc) is 3.15. The van der Waals surface area contributed by atoms with Gasteiger partial charge in [-0.15, -0.1) is 0 Å². The van der Waals surface area contributed by atoms with E-state index >= 15 is 0 Å². The van der Waals surface area contributed by atoms with E-state index < -0.39 is 0 Å². The summed E-state index contributed by atoms with van der Waals surface area (Å²) in [5.74, 6) is -0.159. The highest BCUT2D eigenvalue weighted by Crippen LogP contribution is 2.26. The van der Waals surface area contributed by atoms with Gasteiger partial charge >= 0.3 is 0 Å². The Morgan fingerprint density at radius 2 is 1.82 bits per heavy atom. The van der Waals surface area contributed by atoms with Crippen LogP contribution in [0.5, 0.6) is 0 Å². The third-order valence-corrected chi connectivity index (χ3v) is 3.34. The minimum Gasteiger partial charge on any atom is -0.373 e. The number of hydrogen-bond donors (Lipinski definition) is 0. The molecule has 4 heteroatoms. The topological polar surface area (TPSA) is 49.9 Å². The van der Waals surface area contributed by atoms with Crippen molar-refractivity contribution in [2.24, 2.45) is 5.92 Å². The highest BCUT2D eigenvalue weighted by Gasteiger charge is 2.39. The summed E-state index contributed by atoms with van der Waals surface area (Å²) in [6.45, 7) is 3.18. The zero-order valence-corrected chi connectivity index (χ0v) is 9.55. The van der Waals surface area contributed by atoms with Crippen molar-refractivity contribution in [2.45, 2.75) is 13.0 Å². The first-order valence-electron chi connectivity index (χ1n) is 5.75. The van der Waals surface area contributed by atoms with Crippen molar-refractivity contribution in [3.8, 4) is 0 Å². The predicted molar refractivity (Wildman–Crippen MR) is 60.7 cm³/mol. The van der Waals surface area contributed by atoms with E-state index in [1.165, 1.54) is 4.90 Å². The van der Waals surface area contributed by atoms with Crippen LogP contribution in [0.2, 0.25) is 0 Å². The highest BCUT2D eigenvalue weighted by atomic mass is 16.6. The Hall–Kier alpha value is -1.68. The molecule has 0 aliphatic carbocycles. The second-order valence-electron chi connectivity index (χ2n) is 4.62. The molecule has 2 heterocycles. The Morgan fingerprint density at radius 3 is 2.29 bits per heavy atom. The molecule has 0 saturated carbocycles. The van der Waals surface area contributed by atoms with Crippen LogP contribution in [0, 0.1) is 5.92 Å².